The van der Waals surface area contributed by atoms with Crippen molar-refractivity contribution in [2.75, 3.05) is 18.5 Å². The molecule has 0 atom stereocenters. The van der Waals surface area contributed by atoms with Gasteiger partial charge in [0.2, 0.25) is 0 Å². The lowest BCUT2D eigenvalue weighted by Gasteiger charge is -2.08. The highest BCUT2D eigenvalue weighted by molar-refractivity contribution is 9.10. The van der Waals surface area contributed by atoms with Crippen LogP contribution < -0.4 is 10.1 Å². The van der Waals surface area contributed by atoms with E-state index in [9.17, 15) is 0 Å². The van der Waals surface area contributed by atoms with Crippen molar-refractivity contribution in [1.82, 2.24) is 0 Å². The summed E-state index contributed by atoms with van der Waals surface area (Å²) in [6, 6.07) is 15.4. The summed E-state index contributed by atoms with van der Waals surface area (Å²) < 4.78 is 6.63. The van der Waals surface area contributed by atoms with E-state index < -0.39 is 0 Å². The van der Waals surface area contributed by atoms with Crippen LogP contribution in [0.15, 0.2) is 53.0 Å². The molecule has 0 saturated carbocycles. The number of ether oxygens (including phenoxy) is 1. The summed E-state index contributed by atoms with van der Waals surface area (Å²) in [5.41, 5.74) is 1.04. The lowest BCUT2D eigenvalue weighted by Crippen LogP contribution is -2.11. The Balaban J connectivity index is 1.74. The third kappa shape index (κ3) is 4.24. The molecule has 0 aliphatic carbocycles. The maximum Gasteiger partial charge on any atom is 0.120 e. The molecule has 0 amide bonds. The fraction of sp³-hybridized carbons (Fsp3) is 0.143. The minimum absolute atomic E-state index is 0.610. The molecule has 0 heterocycles. The summed E-state index contributed by atoms with van der Waals surface area (Å²) in [6.45, 7) is 1.35. The standard InChI is InChI=1S/C14H13BrClNO/c15-11-2-1-3-14(10-11)18-9-8-17-13-6-4-12(16)5-7-13/h1-7,10,17H,8-9H2. The molecule has 0 aliphatic rings. The molecule has 94 valence electrons. The summed E-state index contributed by atoms with van der Waals surface area (Å²) in [7, 11) is 0. The summed E-state index contributed by atoms with van der Waals surface area (Å²) in [6.07, 6.45) is 0. The molecule has 0 aliphatic heterocycles. The lowest BCUT2D eigenvalue weighted by molar-refractivity contribution is 0.332. The molecule has 0 aromatic heterocycles. The molecule has 1 N–H and O–H groups in total. The number of hydrogen-bond donors (Lipinski definition) is 1. The highest BCUT2D eigenvalue weighted by Crippen LogP contribution is 2.17. The van der Waals surface area contributed by atoms with Gasteiger partial charge >= 0.3 is 0 Å². The zero-order valence-corrected chi connectivity index (χ0v) is 12.0. The second-order valence-corrected chi connectivity index (χ2v) is 5.09. The molecule has 0 saturated heterocycles. The van der Waals surface area contributed by atoms with E-state index in [2.05, 4.69) is 21.2 Å². The summed E-state index contributed by atoms with van der Waals surface area (Å²) >= 11 is 9.22. The van der Waals surface area contributed by atoms with Crippen molar-refractivity contribution < 1.29 is 4.74 Å². The number of rotatable bonds is 5. The first-order valence-corrected chi connectivity index (χ1v) is 6.79. The van der Waals surface area contributed by atoms with Crippen LogP contribution in [0.4, 0.5) is 5.69 Å². The molecule has 0 radical (unpaired) electrons. The molecule has 2 nitrogen and oxygen atoms in total. The Morgan fingerprint density at radius 3 is 2.61 bits per heavy atom. The van der Waals surface area contributed by atoms with Gasteiger partial charge in [0.05, 0.1) is 0 Å². The molecule has 0 fully saturated rings. The number of hydrogen-bond acceptors (Lipinski definition) is 2. The minimum Gasteiger partial charge on any atom is -0.492 e. The van der Waals surface area contributed by atoms with Crippen molar-refractivity contribution in [1.29, 1.82) is 0 Å². The van der Waals surface area contributed by atoms with Gasteiger partial charge in [-0.25, -0.2) is 0 Å². The van der Waals surface area contributed by atoms with Crippen LogP contribution in [0.2, 0.25) is 5.02 Å². The molecule has 0 spiro atoms. The average Bonchev–Trinajstić information content (AvgIpc) is 2.37. The van der Waals surface area contributed by atoms with Crippen molar-refractivity contribution in [3.05, 3.63) is 58.0 Å². The SMILES string of the molecule is Clc1ccc(NCCOc2cccc(Br)c2)cc1. The summed E-state index contributed by atoms with van der Waals surface area (Å²) in [4.78, 5) is 0. The highest BCUT2D eigenvalue weighted by Gasteiger charge is 1.95. The lowest BCUT2D eigenvalue weighted by atomic mass is 10.3. The minimum atomic E-state index is 0.610. The summed E-state index contributed by atoms with van der Waals surface area (Å²) in [5.74, 6) is 0.863. The second-order valence-electron chi connectivity index (χ2n) is 3.74. The third-order valence-electron chi connectivity index (χ3n) is 2.34. The van der Waals surface area contributed by atoms with Gasteiger partial charge in [-0.05, 0) is 42.5 Å². The number of nitrogens with one attached hydrogen (secondary N) is 1. The first-order chi connectivity index (χ1) is 8.74. The van der Waals surface area contributed by atoms with Crippen LogP contribution in [0, 0.1) is 0 Å². The van der Waals surface area contributed by atoms with Gasteiger partial charge in [-0.15, -0.1) is 0 Å². The van der Waals surface area contributed by atoms with Gasteiger partial charge in [-0.1, -0.05) is 33.6 Å². The van der Waals surface area contributed by atoms with Gasteiger partial charge in [-0.3, -0.25) is 0 Å². The van der Waals surface area contributed by atoms with Crippen molar-refractivity contribution in [2.24, 2.45) is 0 Å². The summed E-state index contributed by atoms with van der Waals surface area (Å²) in [5, 5.41) is 4.00. The Hall–Kier alpha value is -1.19. The van der Waals surface area contributed by atoms with Gasteiger partial charge in [0.15, 0.2) is 0 Å². The molecule has 0 unspecified atom stereocenters. The van der Waals surface area contributed by atoms with Crippen LogP contribution in [0.3, 0.4) is 0 Å². The normalized spacial score (nSPS) is 10.1. The Kier molecular flexibility index (Phi) is 4.90. The van der Waals surface area contributed by atoms with Crippen molar-refractivity contribution >= 4 is 33.2 Å². The van der Waals surface area contributed by atoms with Gasteiger partial charge < -0.3 is 10.1 Å². The van der Waals surface area contributed by atoms with Gasteiger partial charge in [0.1, 0.15) is 12.4 Å². The molecule has 18 heavy (non-hydrogen) atoms. The van der Waals surface area contributed by atoms with Gasteiger partial charge in [-0.2, -0.15) is 0 Å². The van der Waals surface area contributed by atoms with Gasteiger partial charge in [0, 0.05) is 21.7 Å². The van der Waals surface area contributed by atoms with E-state index in [-0.39, 0.29) is 0 Å². The van der Waals surface area contributed by atoms with Gasteiger partial charge in [0.25, 0.3) is 0 Å². The van der Waals surface area contributed by atoms with E-state index in [0.29, 0.717) is 6.61 Å². The van der Waals surface area contributed by atoms with Crippen LogP contribution in [-0.4, -0.2) is 13.2 Å². The quantitative estimate of drug-likeness (QED) is 0.811. The van der Waals surface area contributed by atoms with E-state index in [1.165, 1.54) is 0 Å². The third-order valence-corrected chi connectivity index (χ3v) is 3.09. The van der Waals surface area contributed by atoms with Crippen molar-refractivity contribution in [3.63, 3.8) is 0 Å². The number of benzene rings is 2. The maximum absolute atomic E-state index is 5.81. The molecule has 2 aromatic carbocycles. The van der Waals surface area contributed by atoms with Crippen LogP contribution in [0.1, 0.15) is 0 Å². The fourth-order valence-electron chi connectivity index (χ4n) is 1.49. The zero-order valence-electron chi connectivity index (χ0n) is 9.70. The highest BCUT2D eigenvalue weighted by atomic mass is 79.9. The average molecular weight is 327 g/mol. The smallest absolute Gasteiger partial charge is 0.120 e. The van der Waals surface area contributed by atoms with E-state index in [1.807, 2.05) is 48.5 Å². The van der Waals surface area contributed by atoms with E-state index in [1.54, 1.807) is 0 Å². The predicted octanol–water partition coefficient (Wildman–Crippen LogP) is 4.59. The fourth-order valence-corrected chi connectivity index (χ4v) is 1.99. The van der Waals surface area contributed by atoms with Crippen LogP contribution in [0.5, 0.6) is 5.75 Å². The van der Waals surface area contributed by atoms with E-state index in [0.717, 1.165) is 27.5 Å². The Labute approximate surface area is 120 Å². The van der Waals surface area contributed by atoms with Crippen LogP contribution in [-0.2, 0) is 0 Å². The Morgan fingerprint density at radius 1 is 1.11 bits per heavy atom. The number of anilines is 1. The van der Waals surface area contributed by atoms with E-state index in [4.69, 9.17) is 16.3 Å². The Morgan fingerprint density at radius 2 is 1.89 bits per heavy atom. The molecule has 2 rings (SSSR count). The second kappa shape index (κ2) is 6.66. The van der Waals surface area contributed by atoms with Crippen LogP contribution >= 0.6 is 27.5 Å². The maximum atomic E-state index is 5.81. The molecule has 0 bridgehead atoms. The van der Waals surface area contributed by atoms with Crippen molar-refractivity contribution in [2.45, 2.75) is 0 Å². The monoisotopic (exact) mass is 325 g/mol. The Bertz CT molecular complexity index is 501. The molecule has 2 aromatic rings. The van der Waals surface area contributed by atoms with Crippen LogP contribution in [0.25, 0.3) is 0 Å². The first-order valence-electron chi connectivity index (χ1n) is 5.62. The first kappa shape index (κ1) is 13.2. The zero-order chi connectivity index (χ0) is 12.8. The molecular formula is C14H13BrClNO. The molecule has 4 heteroatoms. The van der Waals surface area contributed by atoms with Crippen molar-refractivity contribution in [3.8, 4) is 5.75 Å². The number of halogens is 2. The topological polar surface area (TPSA) is 21.3 Å². The largest absolute Gasteiger partial charge is 0.492 e. The van der Waals surface area contributed by atoms with E-state index >= 15 is 0 Å². The molecular weight excluding hydrogens is 314 g/mol. The predicted molar refractivity (Wildman–Crippen MR) is 79.6 cm³/mol.